The SMILES string of the molecule is CC(N)CCCC(=O)N(C)CC1CCCC1. The van der Waals surface area contributed by atoms with Crippen molar-refractivity contribution in [2.45, 2.75) is 57.9 Å². The Hall–Kier alpha value is -0.570. The van der Waals surface area contributed by atoms with Gasteiger partial charge in [0.05, 0.1) is 0 Å². The van der Waals surface area contributed by atoms with Gasteiger partial charge in [-0.15, -0.1) is 0 Å². The summed E-state index contributed by atoms with van der Waals surface area (Å²) in [7, 11) is 1.94. The molecule has 0 radical (unpaired) electrons. The Morgan fingerprint density at radius 3 is 2.62 bits per heavy atom. The second-order valence-corrected chi connectivity index (χ2v) is 5.29. The fourth-order valence-corrected chi connectivity index (χ4v) is 2.45. The molecule has 0 aromatic rings. The molecule has 1 aliphatic carbocycles. The van der Waals surface area contributed by atoms with Gasteiger partial charge in [-0.05, 0) is 38.5 Å². The van der Waals surface area contributed by atoms with Gasteiger partial charge in [-0.1, -0.05) is 12.8 Å². The van der Waals surface area contributed by atoms with Crippen LogP contribution in [0.1, 0.15) is 51.9 Å². The van der Waals surface area contributed by atoms with E-state index in [-0.39, 0.29) is 11.9 Å². The molecule has 3 heteroatoms. The predicted molar refractivity (Wildman–Crippen MR) is 67.1 cm³/mol. The van der Waals surface area contributed by atoms with Crippen molar-refractivity contribution < 1.29 is 4.79 Å². The van der Waals surface area contributed by atoms with Crippen LogP contribution in [-0.2, 0) is 4.79 Å². The second-order valence-electron chi connectivity index (χ2n) is 5.29. The Morgan fingerprint density at radius 2 is 2.06 bits per heavy atom. The molecule has 94 valence electrons. The third-order valence-corrected chi connectivity index (χ3v) is 3.48. The van der Waals surface area contributed by atoms with E-state index in [1.165, 1.54) is 25.7 Å². The maximum absolute atomic E-state index is 11.8. The summed E-state index contributed by atoms with van der Waals surface area (Å²) in [5.41, 5.74) is 5.66. The Morgan fingerprint density at radius 1 is 1.44 bits per heavy atom. The van der Waals surface area contributed by atoms with E-state index in [0.29, 0.717) is 6.42 Å². The van der Waals surface area contributed by atoms with E-state index < -0.39 is 0 Å². The first-order chi connectivity index (χ1) is 7.59. The molecule has 1 saturated carbocycles. The van der Waals surface area contributed by atoms with Crippen molar-refractivity contribution in [1.29, 1.82) is 0 Å². The van der Waals surface area contributed by atoms with E-state index in [2.05, 4.69) is 0 Å². The van der Waals surface area contributed by atoms with Gasteiger partial charge in [-0.2, -0.15) is 0 Å². The van der Waals surface area contributed by atoms with E-state index in [9.17, 15) is 4.79 Å². The molecule has 0 aromatic heterocycles. The standard InChI is InChI=1S/C13H26N2O/c1-11(14)6-5-9-13(16)15(2)10-12-7-3-4-8-12/h11-12H,3-10,14H2,1-2H3. The van der Waals surface area contributed by atoms with Gasteiger partial charge in [0.25, 0.3) is 0 Å². The van der Waals surface area contributed by atoms with Crippen LogP contribution in [0.15, 0.2) is 0 Å². The molecule has 1 amide bonds. The molecule has 0 heterocycles. The molecular weight excluding hydrogens is 200 g/mol. The molecule has 1 atom stereocenters. The topological polar surface area (TPSA) is 46.3 Å². The van der Waals surface area contributed by atoms with E-state index in [1.54, 1.807) is 0 Å². The molecule has 1 unspecified atom stereocenters. The zero-order valence-corrected chi connectivity index (χ0v) is 10.7. The van der Waals surface area contributed by atoms with Gasteiger partial charge in [0.15, 0.2) is 0 Å². The fraction of sp³-hybridized carbons (Fsp3) is 0.923. The van der Waals surface area contributed by atoms with Gasteiger partial charge in [0, 0.05) is 26.1 Å². The van der Waals surface area contributed by atoms with Crippen LogP contribution in [0.5, 0.6) is 0 Å². The first kappa shape index (κ1) is 13.5. The minimum absolute atomic E-state index is 0.216. The molecule has 2 N–H and O–H groups in total. The van der Waals surface area contributed by atoms with Gasteiger partial charge in [0.2, 0.25) is 5.91 Å². The normalized spacial score (nSPS) is 18.7. The molecule has 1 aliphatic rings. The zero-order chi connectivity index (χ0) is 12.0. The minimum atomic E-state index is 0.216. The van der Waals surface area contributed by atoms with Crippen molar-refractivity contribution in [1.82, 2.24) is 4.90 Å². The summed E-state index contributed by atoms with van der Waals surface area (Å²) in [5, 5.41) is 0. The van der Waals surface area contributed by atoms with Crippen molar-refractivity contribution in [3.63, 3.8) is 0 Å². The van der Waals surface area contributed by atoms with E-state index >= 15 is 0 Å². The smallest absolute Gasteiger partial charge is 0.222 e. The third kappa shape index (κ3) is 4.97. The summed E-state index contributed by atoms with van der Waals surface area (Å²) in [6.07, 6.45) is 7.82. The highest BCUT2D eigenvalue weighted by molar-refractivity contribution is 5.75. The van der Waals surface area contributed by atoms with Crippen molar-refractivity contribution in [2.24, 2.45) is 11.7 Å². The van der Waals surface area contributed by atoms with E-state index in [1.807, 2.05) is 18.9 Å². The van der Waals surface area contributed by atoms with Gasteiger partial charge in [-0.25, -0.2) is 0 Å². The lowest BCUT2D eigenvalue weighted by Gasteiger charge is -2.21. The highest BCUT2D eigenvalue weighted by atomic mass is 16.2. The summed E-state index contributed by atoms with van der Waals surface area (Å²) < 4.78 is 0. The van der Waals surface area contributed by atoms with Crippen LogP contribution in [0.25, 0.3) is 0 Å². The highest BCUT2D eigenvalue weighted by Crippen LogP contribution is 2.25. The maximum Gasteiger partial charge on any atom is 0.222 e. The lowest BCUT2D eigenvalue weighted by atomic mass is 10.1. The van der Waals surface area contributed by atoms with Crippen LogP contribution in [0, 0.1) is 5.92 Å². The van der Waals surface area contributed by atoms with E-state index in [4.69, 9.17) is 5.73 Å². The first-order valence-electron chi connectivity index (χ1n) is 6.59. The van der Waals surface area contributed by atoms with Crippen LogP contribution in [-0.4, -0.2) is 30.4 Å². The third-order valence-electron chi connectivity index (χ3n) is 3.48. The number of amides is 1. The van der Waals surface area contributed by atoms with Crippen molar-refractivity contribution in [2.75, 3.05) is 13.6 Å². The summed E-state index contributed by atoms with van der Waals surface area (Å²) in [6.45, 7) is 2.95. The van der Waals surface area contributed by atoms with Crippen molar-refractivity contribution >= 4 is 5.91 Å². The molecule has 3 nitrogen and oxygen atoms in total. The molecule has 0 saturated heterocycles. The van der Waals surface area contributed by atoms with Crippen LogP contribution in [0.4, 0.5) is 0 Å². The molecule has 1 fully saturated rings. The van der Waals surface area contributed by atoms with Crippen molar-refractivity contribution in [3.8, 4) is 0 Å². The molecule has 0 bridgehead atoms. The number of hydrogen-bond donors (Lipinski definition) is 1. The molecular formula is C13H26N2O. The number of rotatable bonds is 6. The quantitative estimate of drug-likeness (QED) is 0.754. The molecule has 0 aromatic carbocycles. The Labute approximate surface area is 99.4 Å². The summed E-state index contributed by atoms with van der Waals surface area (Å²) in [5.74, 6) is 1.04. The Bertz CT molecular complexity index is 210. The van der Waals surface area contributed by atoms with E-state index in [0.717, 1.165) is 25.3 Å². The fourth-order valence-electron chi connectivity index (χ4n) is 2.45. The van der Waals surface area contributed by atoms with Crippen LogP contribution in [0.2, 0.25) is 0 Å². The zero-order valence-electron chi connectivity index (χ0n) is 10.7. The average molecular weight is 226 g/mol. The van der Waals surface area contributed by atoms with Crippen molar-refractivity contribution in [3.05, 3.63) is 0 Å². The second kappa shape index (κ2) is 6.89. The largest absolute Gasteiger partial charge is 0.345 e. The average Bonchev–Trinajstić information content (AvgIpc) is 2.69. The number of nitrogens with two attached hydrogens (primary N) is 1. The first-order valence-corrected chi connectivity index (χ1v) is 6.59. The predicted octanol–water partition coefficient (Wildman–Crippen LogP) is 2.15. The highest BCUT2D eigenvalue weighted by Gasteiger charge is 2.19. The van der Waals surface area contributed by atoms with Gasteiger partial charge < -0.3 is 10.6 Å². The maximum atomic E-state index is 11.8. The molecule has 1 rings (SSSR count). The number of nitrogens with zero attached hydrogens (tertiary/aromatic N) is 1. The summed E-state index contributed by atoms with van der Waals surface area (Å²) in [4.78, 5) is 13.7. The monoisotopic (exact) mass is 226 g/mol. The lowest BCUT2D eigenvalue weighted by Crippen LogP contribution is -2.31. The van der Waals surface area contributed by atoms with Gasteiger partial charge in [0.1, 0.15) is 0 Å². The van der Waals surface area contributed by atoms with Crippen LogP contribution in [0.3, 0.4) is 0 Å². The molecule has 0 spiro atoms. The molecule has 0 aliphatic heterocycles. The minimum Gasteiger partial charge on any atom is -0.345 e. The number of hydrogen-bond acceptors (Lipinski definition) is 2. The number of carbonyl (C=O) groups is 1. The lowest BCUT2D eigenvalue weighted by molar-refractivity contribution is -0.130. The number of carbonyl (C=O) groups excluding carboxylic acids is 1. The Kier molecular flexibility index (Phi) is 5.81. The van der Waals surface area contributed by atoms with Gasteiger partial charge in [-0.3, -0.25) is 4.79 Å². The summed E-state index contributed by atoms with van der Waals surface area (Å²) >= 11 is 0. The van der Waals surface area contributed by atoms with Crippen LogP contribution < -0.4 is 5.73 Å². The molecule has 16 heavy (non-hydrogen) atoms. The Balaban J connectivity index is 2.14. The summed E-state index contributed by atoms with van der Waals surface area (Å²) in [6, 6.07) is 0.216. The van der Waals surface area contributed by atoms with Crippen LogP contribution >= 0.6 is 0 Å². The van der Waals surface area contributed by atoms with Gasteiger partial charge >= 0.3 is 0 Å².